The number of alkyl carbamates (subject to hydrolysis) is 1. The van der Waals surface area contributed by atoms with Crippen LogP contribution in [0.5, 0.6) is 0 Å². The molecule has 1 aliphatic carbocycles. The first-order valence-electron chi connectivity index (χ1n) is 10.8. The van der Waals surface area contributed by atoms with Crippen molar-refractivity contribution in [3.8, 4) is 0 Å². The van der Waals surface area contributed by atoms with Crippen molar-refractivity contribution in [3.05, 3.63) is 42.0 Å². The number of nitrogens with zero attached hydrogens (tertiary/aromatic N) is 2. The highest BCUT2D eigenvalue weighted by molar-refractivity contribution is 7.80. The summed E-state index contributed by atoms with van der Waals surface area (Å²) in [6.07, 6.45) is -1.63. The van der Waals surface area contributed by atoms with E-state index in [9.17, 15) is 22.4 Å². The minimum atomic E-state index is -4.35. The number of aromatic nitrogens is 2. The smallest absolute Gasteiger partial charge is 0.407 e. The fourth-order valence-corrected chi connectivity index (χ4v) is 3.66. The van der Waals surface area contributed by atoms with Gasteiger partial charge in [-0.1, -0.05) is 6.92 Å². The van der Waals surface area contributed by atoms with Gasteiger partial charge in [0.15, 0.2) is 0 Å². The standard InChI is InChI=1S/C20H22F4N4O2S.C2H7N/c1-11(8-20(22,23)24)27-19(29)30-14-3-2-12(6-14)13-9-25-18(26-10-13)28-17-5-4-15(31)7-16(17)21;1-2-3/h4-5,7,9-12,14,31H,2-3,6,8H2,1H3,(H,27,29)(H,25,26,28);2-3H2,1H3. The van der Waals surface area contributed by atoms with E-state index in [0.717, 1.165) is 18.5 Å². The first-order valence-corrected chi connectivity index (χ1v) is 11.3. The molecule has 1 heterocycles. The number of nitrogens with two attached hydrogens (primary N) is 1. The molecule has 1 aromatic carbocycles. The first kappa shape index (κ1) is 27.6. The largest absolute Gasteiger partial charge is 0.446 e. The Balaban J connectivity index is 0.00000129. The van der Waals surface area contributed by atoms with Crippen LogP contribution in [0.15, 0.2) is 35.5 Å². The molecule has 0 aliphatic heterocycles. The van der Waals surface area contributed by atoms with Crippen molar-refractivity contribution < 1.29 is 27.1 Å². The molecular weight excluding hydrogens is 474 g/mol. The molecule has 1 aromatic heterocycles. The number of amides is 1. The Morgan fingerprint density at radius 2 is 1.94 bits per heavy atom. The lowest BCUT2D eigenvalue weighted by Gasteiger charge is -2.18. The van der Waals surface area contributed by atoms with Gasteiger partial charge in [0, 0.05) is 23.3 Å². The molecule has 188 valence electrons. The van der Waals surface area contributed by atoms with Gasteiger partial charge in [-0.25, -0.2) is 19.2 Å². The van der Waals surface area contributed by atoms with Crippen LogP contribution >= 0.6 is 12.6 Å². The van der Waals surface area contributed by atoms with Gasteiger partial charge in [-0.05, 0) is 62.4 Å². The number of alkyl halides is 3. The van der Waals surface area contributed by atoms with Crippen molar-refractivity contribution in [2.24, 2.45) is 5.73 Å². The zero-order chi connectivity index (χ0) is 25.3. The van der Waals surface area contributed by atoms with E-state index < -0.39 is 36.7 Å². The maximum absolute atomic E-state index is 13.9. The first-order chi connectivity index (χ1) is 16.0. The highest BCUT2D eigenvalue weighted by Gasteiger charge is 2.32. The van der Waals surface area contributed by atoms with Crippen molar-refractivity contribution in [2.75, 3.05) is 11.9 Å². The molecule has 0 spiro atoms. The molecule has 0 saturated heterocycles. The summed E-state index contributed by atoms with van der Waals surface area (Å²) in [7, 11) is 0. The lowest BCUT2D eigenvalue weighted by molar-refractivity contribution is -0.138. The molecule has 0 bridgehead atoms. The average molecular weight is 504 g/mol. The Hall–Kier alpha value is -2.60. The molecule has 4 N–H and O–H groups in total. The minimum Gasteiger partial charge on any atom is -0.446 e. The maximum Gasteiger partial charge on any atom is 0.407 e. The van der Waals surface area contributed by atoms with E-state index in [1.54, 1.807) is 18.5 Å². The molecule has 1 aliphatic rings. The summed E-state index contributed by atoms with van der Waals surface area (Å²) in [5, 5.41) is 5.00. The minimum absolute atomic E-state index is 0.0552. The number of halogens is 4. The predicted octanol–water partition coefficient (Wildman–Crippen LogP) is 5.32. The quantitative estimate of drug-likeness (QED) is 0.315. The van der Waals surface area contributed by atoms with Crippen molar-refractivity contribution in [2.45, 2.75) is 68.7 Å². The van der Waals surface area contributed by atoms with E-state index >= 15 is 0 Å². The number of ether oxygens (including phenoxy) is 1. The van der Waals surface area contributed by atoms with Gasteiger partial charge in [0.2, 0.25) is 5.95 Å². The maximum atomic E-state index is 13.9. The number of benzene rings is 1. The second-order valence-corrected chi connectivity index (χ2v) is 8.46. The van der Waals surface area contributed by atoms with Crippen LogP contribution in [0.3, 0.4) is 0 Å². The molecular formula is C22H29F4N5O2S. The molecule has 1 fully saturated rings. The van der Waals surface area contributed by atoms with Crippen LogP contribution in [-0.4, -0.2) is 40.9 Å². The third-order valence-electron chi connectivity index (χ3n) is 4.90. The molecule has 2 aromatic rings. The van der Waals surface area contributed by atoms with Crippen LogP contribution in [0.4, 0.5) is 34.0 Å². The van der Waals surface area contributed by atoms with Crippen molar-refractivity contribution in [1.29, 1.82) is 0 Å². The molecule has 1 saturated carbocycles. The third-order valence-corrected chi connectivity index (χ3v) is 5.18. The number of carbonyl (C=O) groups is 1. The number of nitrogens with one attached hydrogen (secondary N) is 2. The van der Waals surface area contributed by atoms with Crippen molar-refractivity contribution >= 4 is 30.4 Å². The molecule has 0 radical (unpaired) electrons. The highest BCUT2D eigenvalue weighted by atomic mass is 32.1. The van der Waals surface area contributed by atoms with Crippen LogP contribution < -0.4 is 16.4 Å². The second kappa shape index (κ2) is 12.7. The van der Waals surface area contributed by atoms with E-state index in [4.69, 9.17) is 10.5 Å². The van der Waals surface area contributed by atoms with Gasteiger partial charge in [0.25, 0.3) is 0 Å². The number of hydrogen-bond acceptors (Lipinski definition) is 7. The Morgan fingerprint density at radius 3 is 2.53 bits per heavy atom. The van der Waals surface area contributed by atoms with E-state index in [0.29, 0.717) is 17.7 Å². The molecule has 12 heteroatoms. The van der Waals surface area contributed by atoms with Gasteiger partial charge in [0.05, 0.1) is 12.1 Å². The third kappa shape index (κ3) is 9.34. The Morgan fingerprint density at radius 1 is 1.29 bits per heavy atom. The number of hydrogen-bond donors (Lipinski definition) is 4. The normalized spacial score (nSPS) is 18.5. The summed E-state index contributed by atoms with van der Waals surface area (Å²) in [5.74, 6) is -0.183. The lowest BCUT2D eigenvalue weighted by Crippen LogP contribution is -2.37. The number of anilines is 2. The summed E-state index contributed by atoms with van der Waals surface area (Å²) in [6, 6.07) is 3.39. The average Bonchev–Trinajstić information content (AvgIpc) is 3.18. The molecule has 3 atom stereocenters. The van der Waals surface area contributed by atoms with Crippen LogP contribution in [0.1, 0.15) is 51.0 Å². The summed E-state index contributed by atoms with van der Waals surface area (Å²) in [4.78, 5) is 20.8. The predicted molar refractivity (Wildman–Crippen MR) is 124 cm³/mol. The monoisotopic (exact) mass is 503 g/mol. The molecule has 34 heavy (non-hydrogen) atoms. The van der Waals surface area contributed by atoms with Crippen LogP contribution in [0.2, 0.25) is 0 Å². The number of carbonyl (C=O) groups excluding carboxylic acids is 1. The van der Waals surface area contributed by atoms with Gasteiger partial charge in [-0.15, -0.1) is 12.6 Å². The van der Waals surface area contributed by atoms with E-state index in [1.165, 1.54) is 19.1 Å². The SMILES string of the molecule is CC(CC(F)(F)F)NC(=O)OC1CCC(c2cnc(Nc3ccc(S)cc3F)nc2)C1.CCN. The molecule has 3 rings (SSSR count). The Kier molecular flexibility index (Phi) is 10.4. The summed E-state index contributed by atoms with van der Waals surface area (Å²) >= 11 is 4.07. The van der Waals surface area contributed by atoms with Crippen molar-refractivity contribution in [1.82, 2.24) is 15.3 Å². The highest BCUT2D eigenvalue weighted by Crippen LogP contribution is 2.36. The van der Waals surface area contributed by atoms with Crippen molar-refractivity contribution in [3.63, 3.8) is 0 Å². The van der Waals surface area contributed by atoms with Gasteiger partial charge in [-0.2, -0.15) is 13.2 Å². The van der Waals surface area contributed by atoms with Crippen LogP contribution in [0, 0.1) is 5.82 Å². The summed E-state index contributed by atoms with van der Waals surface area (Å²) in [6.45, 7) is 3.93. The summed E-state index contributed by atoms with van der Waals surface area (Å²) in [5.41, 5.74) is 5.92. The van der Waals surface area contributed by atoms with Gasteiger partial charge >= 0.3 is 12.3 Å². The lowest BCUT2D eigenvalue weighted by atomic mass is 10.0. The van der Waals surface area contributed by atoms with E-state index in [1.807, 2.05) is 6.92 Å². The topological polar surface area (TPSA) is 102 Å². The molecule has 3 unspecified atom stereocenters. The molecule has 1 amide bonds. The summed E-state index contributed by atoms with van der Waals surface area (Å²) < 4.78 is 56.2. The van der Waals surface area contributed by atoms with Gasteiger partial charge in [-0.3, -0.25) is 0 Å². The second-order valence-electron chi connectivity index (χ2n) is 7.94. The zero-order valence-corrected chi connectivity index (χ0v) is 19.8. The van der Waals surface area contributed by atoms with E-state index in [2.05, 4.69) is 33.2 Å². The van der Waals surface area contributed by atoms with Gasteiger partial charge < -0.3 is 21.1 Å². The van der Waals surface area contributed by atoms with Gasteiger partial charge in [0.1, 0.15) is 11.9 Å². The fraction of sp³-hybridized carbons (Fsp3) is 0.500. The Labute approximate surface area is 201 Å². The van der Waals surface area contributed by atoms with Crippen LogP contribution in [0.25, 0.3) is 0 Å². The Bertz CT molecular complexity index is 931. The number of rotatable bonds is 6. The van der Waals surface area contributed by atoms with E-state index in [-0.39, 0.29) is 17.6 Å². The van der Waals surface area contributed by atoms with Crippen LogP contribution in [-0.2, 0) is 4.74 Å². The fourth-order valence-electron chi connectivity index (χ4n) is 3.47. The zero-order valence-electron chi connectivity index (χ0n) is 18.9. The number of thiol groups is 1. The molecule has 7 nitrogen and oxygen atoms in total.